The van der Waals surface area contributed by atoms with Gasteiger partial charge in [-0.25, -0.2) is 4.79 Å². The van der Waals surface area contributed by atoms with Crippen LogP contribution < -0.4 is 4.90 Å². The van der Waals surface area contributed by atoms with Crippen molar-refractivity contribution >= 4 is 11.7 Å². The van der Waals surface area contributed by atoms with Crippen LogP contribution in [0.3, 0.4) is 0 Å². The van der Waals surface area contributed by atoms with Gasteiger partial charge in [0.25, 0.3) is 0 Å². The lowest BCUT2D eigenvalue weighted by molar-refractivity contribution is 0.0310. The number of rotatable bonds is 8. The molecule has 1 heterocycles. The van der Waals surface area contributed by atoms with Gasteiger partial charge in [-0.05, 0) is 42.5 Å². The maximum Gasteiger partial charge on any atom is 0.338 e. The quantitative estimate of drug-likeness (QED) is 0.307. The zero-order valence-electron chi connectivity index (χ0n) is 20.8. The van der Waals surface area contributed by atoms with Crippen LogP contribution in [0.1, 0.15) is 62.5 Å². The summed E-state index contributed by atoms with van der Waals surface area (Å²) in [5.74, 6) is 0.0145. The van der Waals surface area contributed by atoms with Gasteiger partial charge in [-0.3, -0.25) is 0 Å². The van der Waals surface area contributed by atoms with Crippen LogP contribution in [0.4, 0.5) is 5.69 Å². The normalized spacial score (nSPS) is 15.1. The highest BCUT2D eigenvalue weighted by atomic mass is 16.5. The first-order valence-electron chi connectivity index (χ1n) is 12.0. The third kappa shape index (κ3) is 4.74. The van der Waals surface area contributed by atoms with Crippen LogP contribution in [-0.2, 0) is 16.8 Å². The lowest BCUT2D eigenvalue weighted by atomic mass is 9.82. The van der Waals surface area contributed by atoms with Crippen molar-refractivity contribution in [2.75, 3.05) is 11.4 Å². The Morgan fingerprint density at radius 2 is 1.56 bits per heavy atom. The fraction of sp³-hybridized carbons (Fsp3) is 0.367. The fourth-order valence-corrected chi connectivity index (χ4v) is 5.12. The second-order valence-electron chi connectivity index (χ2n) is 10.6. The molecule has 0 saturated carbocycles. The number of aliphatic hydroxyl groups is 1. The SMILES string of the molecule is CC(C)CC(C)(O)N(CC(C)(C)c1ccccc1)c1ccc2c(c1-c1ccccc1)COC2=O. The average molecular weight is 458 g/mol. The number of benzene rings is 3. The van der Waals surface area contributed by atoms with E-state index in [0.717, 1.165) is 22.4 Å². The lowest BCUT2D eigenvalue weighted by Crippen LogP contribution is -2.52. The number of carbonyl (C=O) groups excluding carboxylic acids is 1. The molecule has 1 aliphatic heterocycles. The van der Waals surface area contributed by atoms with Crippen molar-refractivity contribution < 1.29 is 14.6 Å². The molecule has 1 aliphatic rings. The third-order valence-corrected chi connectivity index (χ3v) is 6.70. The first-order chi connectivity index (χ1) is 16.1. The van der Waals surface area contributed by atoms with Crippen molar-refractivity contribution in [1.29, 1.82) is 0 Å². The summed E-state index contributed by atoms with van der Waals surface area (Å²) < 4.78 is 5.42. The van der Waals surface area contributed by atoms with E-state index in [-0.39, 0.29) is 18.0 Å². The Balaban J connectivity index is 1.91. The first-order valence-corrected chi connectivity index (χ1v) is 12.0. The zero-order valence-corrected chi connectivity index (χ0v) is 20.8. The van der Waals surface area contributed by atoms with E-state index in [9.17, 15) is 9.90 Å². The summed E-state index contributed by atoms with van der Waals surface area (Å²) in [4.78, 5) is 14.5. The highest BCUT2D eigenvalue weighted by Crippen LogP contribution is 2.43. The van der Waals surface area contributed by atoms with Gasteiger partial charge in [0, 0.05) is 28.8 Å². The van der Waals surface area contributed by atoms with Crippen molar-refractivity contribution in [3.63, 3.8) is 0 Å². The van der Waals surface area contributed by atoms with Crippen LogP contribution in [0.5, 0.6) is 0 Å². The van der Waals surface area contributed by atoms with Crippen molar-refractivity contribution in [1.82, 2.24) is 0 Å². The van der Waals surface area contributed by atoms with E-state index in [2.05, 4.69) is 69.0 Å². The molecule has 1 N–H and O–H groups in total. The standard InChI is InChI=1S/C30H35NO3/c1-21(2)18-30(5,33)31(20-29(3,4)23-14-10-7-11-15-23)26-17-16-24-25(19-34-28(24)32)27(26)22-12-8-6-9-13-22/h6-17,21,33H,18-20H2,1-5H3. The molecule has 3 aromatic rings. The maximum atomic E-state index is 12.4. The molecule has 4 heteroatoms. The molecule has 1 unspecified atom stereocenters. The van der Waals surface area contributed by atoms with Gasteiger partial charge < -0.3 is 14.7 Å². The number of nitrogens with zero attached hydrogens (tertiary/aromatic N) is 1. The number of fused-ring (bicyclic) bond motifs is 1. The number of hydrogen-bond acceptors (Lipinski definition) is 4. The summed E-state index contributed by atoms with van der Waals surface area (Å²) in [7, 11) is 0. The van der Waals surface area contributed by atoms with E-state index >= 15 is 0 Å². The Bertz CT molecular complexity index is 1150. The van der Waals surface area contributed by atoms with Crippen LogP contribution in [0, 0.1) is 5.92 Å². The molecule has 3 aromatic carbocycles. The zero-order chi connectivity index (χ0) is 24.5. The molecule has 4 rings (SSSR count). The molecular formula is C30H35NO3. The van der Waals surface area contributed by atoms with Crippen molar-refractivity contribution in [2.24, 2.45) is 5.92 Å². The minimum absolute atomic E-state index is 0.235. The summed E-state index contributed by atoms with van der Waals surface area (Å²) in [6, 6.07) is 24.3. The number of cyclic esters (lactones) is 1. The van der Waals surface area contributed by atoms with E-state index in [1.165, 1.54) is 5.56 Å². The molecule has 0 amide bonds. The summed E-state index contributed by atoms with van der Waals surface area (Å²) >= 11 is 0. The summed E-state index contributed by atoms with van der Waals surface area (Å²) in [6.07, 6.45) is 0.610. The number of hydrogen-bond donors (Lipinski definition) is 1. The molecule has 0 spiro atoms. The molecular weight excluding hydrogens is 422 g/mol. The molecule has 0 fully saturated rings. The molecule has 0 radical (unpaired) electrons. The number of ether oxygens (including phenoxy) is 1. The Labute approximate surface area is 203 Å². The van der Waals surface area contributed by atoms with Gasteiger partial charge in [-0.15, -0.1) is 0 Å². The van der Waals surface area contributed by atoms with Crippen molar-refractivity contribution in [2.45, 2.75) is 58.8 Å². The van der Waals surface area contributed by atoms with Crippen LogP contribution >= 0.6 is 0 Å². The van der Waals surface area contributed by atoms with Gasteiger partial charge in [0.2, 0.25) is 0 Å². The van der Waals surface area contributed by atoms with Crippen LogP contribution in [0.2, 0.25) is 0 Å². The predicted molar refractivity (Wildman–Crippen MR) is 138 cm³/mol. The second kappa shape index (κ2) is 9.27. The largest absolute Gasteiger partial charge is 0.457 e. The Morgan fingerprint density at radius 1 is 0.941 bits per heavy atom. The Morgan fingerprint density at radius 3 is 2.18 bits per heavy atom. The molecule has 0 aromatic heterocycles. The predicted octanol–water partition coefficient (Wildman–Crippen LogP) is 6.56. The molecule has 0 saturated heterocycles. The van der Waals surface area contributed by atoms with Gasteiger partial charge in [-0.2, -0.15) is 0 Å². The van der Waals surface area contributed by atoms with E-state index < -0.39 is 5.72 Å². The molecule has 178 valence electrons. The fourth-order valence-electron chi connectivity index (χ4n) is 5.12. The van der Waals surface area contributed by atoms with Gasteiger partial charge in [0.1, 0.15) is 12.3 Å². The van der Waals surface area contributed by atoms with Crippen molar-refractivity contribution in [3.05, 3.63) is 89.5 Å². The highest BCUT2D eigenvalue weighted by Gasteiger charge is 2.38. The van der Waals surface area contributed by atoms with Gasteiger partial charge in [-0.1, -0.05) is 88.4 Å². The number of anilines is 1. The Hall–Kier alpha value is -3.11. The molecule has 4 nitrogen and oxygen atoms in total. The number of esters is 1. The molecule has 0 aliphatic carbocycles. The topological polar surface area (TPSA) is 49.8 Å². The number of carbonyl (C=O) groups is 1. The highest BCUT2D eigenvalue weighted by molar-refractivity contribution is 5.99. The minimum atomic E-state index is -1.10. The lowest BCUT2D eigenvalue weighted by Gasteiger charge is -2.45. The van der Waals surface area contributed by atoms with Crippen LogP contribution in [0.15, 0.2) is 72.8 Å². The van der Waals surface area contributed by atoms with E-state index in [4.69, 9.17) is 4.74 Å². The third-order valence-electron chi connectivity index (χ3n) is 6.70. The van der Waals surface area contributed by atoms with Crippen molar-refractivity contribution in [3.8, 4) is 11.1 Å². The van der Waals surface area contributed by atoms with Gasteiger partial charge >= 0.3 is 5.97 Å². The van der Waals surface area contributed by atoms with E-state index in [1.807, 2.05) is 43.3 Å². The molecule has 1 atom stereocenters. The average Bonchev–Trinajstić information content (AvgIpc) is 3.18. The van der Waals surface area contributed by atoms with Gasteiger partial charge in [0.05, 0.1) is 5.56 Å². The maximum absolute atomic E-state index is 12.4. The smallest absolute Gasteiger partial charge is 0.338 e. The first kappa shape index (κ1) is 24.0. The van der Waals surface area contributed by atoms with E-state index in [1.54, 1.807) is 0 Å². The summed E-state index contributed by atoms with van der Waals surface area (Å²) in [5, 5.41) is 11.9. The van der Waals surface area contributed by atoms with E-state index in [0.29, 0.717) is 24.4 Å². The second-order valence-corrected chi connectivity index (χ2v) is 10.6. The van der Waals surface area contributed by atoms with Crippen LogP contribution in [-0.4, -0.2) is 23.3 Å². The Kier molecular flexibility index (Phi) is 6.55. The minimum Gasteiger partial charge on any atom is -0.457 e. The monoisotopic (exact) mass is 457 g/mol. The summed E-state index contributed by atoms with van der Waals surface area (Å²) in [6.45, 7) is 11.4. The summed E-state index contributed by atoms with van der Waals surface area (Å²) in [5.41, 5.74) is 4.25. The van der Waals surface area contributed by atoms with Crippen LogP contribution in [0.25, 0.3) is 11.1 Å². The van der Waals surface area contributed by atoms with Gasteiger partial charge in [0.15, 0.2) is 0 Å². The molecule has 34 heavy (non-hydrogen) atoms. The molecule has 0 bridgehead atoms.